The molecule has 0 spiro atoms. The Morgan fingerprint density at radius 2 is 0.739 bits per heavy atom. The van der Waals surface area contributed by atoms with E-state index in [0.717, 1.165) is 64.2 Å². The summed E-state index contributed by atoms with van der Waals surface area (Å²) >= 11 is 0. The van der Waals surface area contributed by atoms with Gasteiger partial charge in [0.2, 0.25) is 5.91 Å². The van der Waals surface area contributed by atoms with Gasteiger partial charge in [0.05, 0.1) is 32.0 Å². The van der Waals surface area contributed by atoms with Gasteiger partial charge in [0.1, 0.15) is 24.4 Å². The molecule has 7 atom stereocenters. The first-order valence-electron chi connectivity index (χ1n) is 39.6. The number of aliphatic hydroxyl groups is 5. The Labute approximate surface area is 567 Å². The van der Waals surface area contributed by atoms with Crippen molar-refractivity contribution in [1.82, 2.24) is 5.32 Å². The fourth-order valence-corrected chi connectivity index (χ4v) is 12.4. The second-order valence-corrected chi connectivity index (χ2v) is 27.4. The maximum absolute atomic E-state index is 13.0. The normalized spacial score (nSPS) is 17.8. The number of aliphatic hydroxyl groups excluding tert-OH is 5. The molecule has 1 fully saturated rings. The molecule has 1 amide bonds. The lowest BCUT2D eigenvalue weighted by Crippen LogP contribution is -2.60. The first kappa shape index (κ1) is 87.4. The van der Waals surface area contributed by atoms with Crippen LogP contribution in [0.5, 0.6) is 0 Å². The third-order valence-corrected chi connectivity index (χ3v) is 18.6. The molecule has 0 bridgehead atoms. The molecule has 11 nitrogen and oxygen atoms in total. The topological polar surface area (TPSA) is 175 Å². The third-order valence-electron chi connectivity index (χ3n) is 18.6. The van der Waals surface area contributed by atoms with E-state index in [1.807, 2.05) is 6.08 Å². The van der Waals surface area contributed by atoms with Crippen LogP contribution >= 0.6 is 0 Å². The number of unbranched alkanes of at least 4 members (excludes halogenated alkanes) is 48. The van der Waals surface area contributed by atoms with E-state index in [2.05, 4.69) is 67.8 Å². The van der Waals surface area contributed by atoms with Gasteiger partial charge in [-0.25, -0.2) is 0 Å². The van der Waals surface area contributed by atoms with Gasteiger partial charge >= 0.3 is 5.97 Å². The summed E-state index contributed by atoms with van der Waals surface area (Å²) in [7, 11) is 0. The molecule has 538 valence electrons. The van der Waals surface area contributed by atoms with Crippen LogP contribution < -0.4 is 5.32 Å². The van der Waals surface area contributed by atoms with Crippen LogP contribution in [0.15, 0.2) is 60.8 Å². The summed E-state index contributed by atoms with van der Waals surface area (Å²) in [5.41, 5.74) is 0. The molecular formula is C81H149NO10. The van der Waals surface area contributed by atoms with Gasteiger partial charge in [0.15, 0.2) is 6.29 Å². The van der Waals surface area contributed by atoms with Crippen LogP contribution in [0.2, 0.25) is 0 Å². The van der Waals surface area contributed by atoms with Crippen LogP contribution in [0, 0.1) is 0 Å². The molecule has 0 radical (unpaired) electrons. The second-order valence-electron chi connectivity index (χ2n) is 27.4. The molecule has 92 heavy (non-hydrogen) atoms. The van der Waals surface area contributed by atoms with E-state index in [9.17, 15) is 35.1 Å². The quantitative estimate of drug-likeness (QED) is 0.0195. The van der Waals surface area contributed by atoms with E-state index in [1.54, 1.807) is 6.08 Å². The Morgan fingerprint density at radius 1 is 0.402 bits per heavy atom. The summed E-state index contributed by atoms with van der Waals surface area (Å²) in [6, 6.07) is -0.825. The standard InChI is InChI=1S/C81H149NO10/c1-3-5-7-9-11-13-14-15-16-17-40-43-46-49-53-57-61-65-69-77(86)90-70-66-62-58-54-50-47-44-41-38-36-34-32-30-28-26-24-22-20-18-19-21-23-25-27-29-31-33-35-37-39-42-45-48-52-56-60-64-68-76(85)82-73(74(84)67-63-59-55-51-12-10-8-6-4-2)72-91-81-80(89)79(88)78(87)75(71-83)92-81/h12,16-18,20,24,26,51,63,67,73-75,78-81,83-84,87-89H,3-11,13-15,19,21-23,25,27-50,52-62,64-66,68-72H2,1-2H3,(H,82,85)/b17-16-,20-18-,26-24-,51-12+,67-63+. The molecule has 1 saturated heterocycles. The molecule has 1 aliphatic heterocycles. The Balaban J connectivity index is 1.87. The Kier molecular flexibility index (Phi) is 66.2. The van der Waals surface area contributed by atoms with Gasteiger partial charge in [-0.15, -0.1) is 0 Å². The Morgan fingerprint density at radius 3 is 1.16 bits per heavy atom. The van der Waals surface area contributed by atoms with Crippen molar-refractivity contribution in [3.05, 3.63) is 60.8 Å². The predicted molar refractivity (Wildman–Crippen MR) is 389 cm³/mol. The minimum atomic E-state index is -1.58. The highest BCUT2D eigenvalue weighted by Gasteiger charge is 2.44. The number of rotatable bonds is 70. The van der Waals surface area contributed by atoms with Crippen molar-refractivity contribution in [1.29, 1.82) is 0 Å². The number of hydrogen-bond donors (Lipinski definition) is 6. The van der Waals surface area contributed by atoms with Crippen LogP contribution in [-0.4, -0.2) is 100 Å². The minimum Gasteiger partial charge on any atom is -0.466 e. The molecule has 0 saturated carbocycles. The van der Waals surface area contributed by atoms with E-state index < -0.39 is 49.5 Å². The van der Waals surface area contributed by atoms with E-state index in [4.69, 9.17) is 14.2 Å². The van der Waals surface area contributed by atoms with Gasteiger partial charge in [-0.3, -0.25) is 9.59 Å². The summed E-state index contributed by atoms with van der Waals surface area (Å²) in [5.74, 6) is -0.181. The van der Waals surface area contributed by atoms with Crippen molar-refractivity contribution in [2.24, 2.45) is 0 Å². The summed E-state index contributed by atoms with van der Waals surface area (Å²) in [6.45, 7) is 4.31. The van der Waals surface area contributed by atoms with Crippen molar-refractivity contribution in [3.63, 3.8) is 0 Å². The SMILES string of the molecule is CCCCC/C=C/CC/C=C/C(O)C(COC1OC(CO)C(O)C(O)C1O)NC(=O)CCCCCCCCCCCCCCCCCCC/C=C\C/C=C\CCCCCCCCCCCCCCCOC(=O)CCCCCCCCC/C=C\CCCCCCCCC. The lowest BCUT2D eigenvalue weighted by Gasteiger charge is -2.40. The molecule has 7 unspecified atom stereocenters. The van der Waals surface area contributed by atoms with E-state index in [-0.39, 0.29) is 18.5 Å². The number of ether oxygens (including phenoxy) is 3. The first-order chi connectivity index (χ1) is 45.2. The zero-order valence-electron chi connectivity index (χ0n) is 60.0. The number of carbonyl (C=O) groups excluding carboxylic acids is 2. The summed E-state index contributed by atoms with van der Waals surface area (Å²) in [6.07, 6.45) is 84.2. The average molecular weight is 1300 g/mol. The smallest absolute Gasteiger partial charge is 0.305 e. The van der Waals surface area contributed by atoms with E-state index >= 15 is 0 Å². The van der Waals surface area contributed by atoms with Gasteiger partial charge < -0.3 is 45.1 Å². The van der Waals surface area contributed by atoms with Crippen LogP contribution in [0.3, 0.4) is 0 Å². The first-order valence-corrected chi connectivity index (χ1v) is 39.6. The number of nitrogens with one attached hydrogen (secondary N) is 1. The lowest BCUT2D eigenvalue weighted by molar-refractivity contribution is -0.302. The summed E-state index contributed by atoms with van der Waals surface area (Å²) in [4.78, 5) is 25.1. The third kappa shape index (κ3) is 57.6. The van der Waals surface area contributed by atoms with Crippen LogP contribution in [0.4, 0.5) is 0 Å². The van der Waals surface area contributed by atoms with E-state index in [1.165, 1.54) is 289 Å². The number of esters is 1. The number of allylic oxidation sites excluding steroid dienone is 9. The van der Waals surface area contributed by atoms with Crippen molar-refractivity contribution >= 4 is 11.9 Å². The molecule has 0 aromatic rings. The highest BCUT2D eigenvalue weighted by molar-refractivity contribution is 5.76. The molecule has 0 aromatic heterocycles. The van der Waals surface area contributed by atoms with Gasteiger partial charge in [-0.2, -0.15) is 0 Å². The fraction of sp³-hybridized carbons (Fsp3) is 0.852. The lowest BCUT2D eigenvalue weighted by atomic mass is 9.99. The van der Waals surface area contributed by atoms with Crippen LogP contribution in [0.1, 0.15) is 380 Å². The van der Waals surface area contributed by atoms with Gasteiger partial charge in [-0.1, -0.05) is 325 Å². The number of amides is 1. The molecule has 6 N–H and O–H groups in total. The molecule has 0 aromatic carbocycles. The molecular weight excluding hydrogens is 1150 g/mol. The summed E-state index contributed by atoms with van der Waals surface area (Å²) < 4.78 is 16.7. The number of carbonyl (C=O) groups is 2. The van der Waals surface area contributed by atoms with Crippen LogP contribution in [0.25, 0.3) is 0 Å². The predicted octanol–water partition coefficient (Wildman–Crippen LogP) is 21.2. The largest absolute Gasteiger partial charge is 0.466 e. The zero-order chi connectivity index (χ0) is 66.5. The zero-order valence-corrected chi connectivity index (χ0v) is 60.0. The van der Waals surface area contributed by atoms with Gasteiger partial charge in [-0.05, 0) is 103 Å². The van der Waals surface area contributed by atoms with Crippen LogP contribution in [-0.2, 0) is 23.8 Å². The highest BCUT2D eigenvalue weighted by atomic mass is 16.7. The maximum atomic E-state index is 13.0. The average Bonchev–Trinajstić information content (AvgIpc) is 1.01. The molecule has 1 aliphatic rings. The minimum absolute atomic E-state index is 0.00969. The Bertz CT molecular complexity index is 1710. The van der Waals surface area contributed by atoms with Crippen molar-refractivity contribution in [2.45, 2.75) is 423 Å². The van der Waals surface area contributed by atoms with E-state index in [0.29, 0.717) is 19.4 Å². The molecule has 1 heterocycles. The van der Waals surface area contributed by atoms with Crippen molar-refractivity contribution in [3.8, 4) is 0 Å². The molecule has 1 rings (SSSR count). The Hall–Kier alpha value is -2.64. The number of hydrogen-bond acceptors (Lipinski definition) is 10. The molecule has 11 heteroatoms. The van der Waals surface area contributed by atoms with Gasteiger partial charge in [0, 0.05) is 12.8 Å². The van der Waals surface area contributed by atoms with Crippen molar-refractivity contribution < 1.29 is 49.3 Å². The van der Waals surface area contributed by atoms with Crippen molar-refractivity contribution in [2.75, 3.05) is 19.8 Å². The highest BCUT2D eigenvalue weighted by Crippen LogP contribution is 2.24. The monoisotopic (exact) mass is 1300 g/mol. The molecule has 0 aliphatic carbocycles. The van der Waals surface area contributed by atoms with Gasteiger partial charge in [0.25, 0.3) is 0 Å². The second kappa shape index (κ2) is 69.7. The summed E-state index contributed by atoms with van der Waals surface area (Å²) in [5, 5.41) is 54.3. The maximum Gasteiger partial charge on any atom is 0.305 e. The fourth-order valence-electron chi connectivity index (χ4n) is 12.4.